The first-order valence-electron chi connectivity index (χ1n) is 8.65. The highest BCUT2D eigenvalue weighted by Crippen LogP contribution is 2.29. The van der Waals surface area contributed by atoms with Gasteiger partial charge >= 0.3 is 0 Å². The number of carbonyl (C=O) groups is 1. The summed E-state index contributed by atoms with van der Waals surface area (Å²) in [4.78, 5) is 16.1. The average molecular weight is 357 g/mol. The summed E-state index contributed by atoms with van der Waals surface area (Å²) < 4.78 is 2.04. The maximum Gasteiger partial charge on any atom is 0.221 e. The molecule has 5 nitrogen and oxygen atoms in total. The van der Waals surface area contributed by atoms with Crippen LogP contribution in [0.2, 0.25) is 0 Å². The Labute approximate surface area is 156 Å². The van der Waals surface area contributed by atoms with E-state index < -0.39 is 0 Å². The molecule has 0 bridgehead atoms. The van der Waals surface area contributed by atoms with Crippen LogP contribution in [0.4, 0.5) is 5.69 Å². The maximum absolute atomic E-state index is 11.3. The normalized spacial score (nSPS) is 10.9. The number of phenols is 1. The van der Waals surface area contributed by atoms with Gasteiger partial charge in [-0.2, -0.15) is 0 Å². The van der Waals surface area contributed by atoms with E-state index in [9.17, 15) is 9.90 Å². The zero-order chi connectivity index (χ0) is 19.0. The van der Waals surface area contributed by atoms with E-state index in [1.165, 1.54) is 6.92 Å². The minimum absolute atomic E-state index is 0.101. The summed E-state index contributed by atoms with van der Waals surface area (Å²) in [6.45, 7) is 1.49. The summed E-state index contributed by atoms with van der Waals surface area (Å²) in [6, 6.07) is 20.9. The zero-order valence-corrected chi connectivity index (χ0v) is 15.1. The van der Waals surface area contributed by atoms with E-state index in [0.29, 0.717) is 0 Å². The third kappa shape index (κ3) is 3.27. The molecule has 1 heterocycles. The number of anilines is 1. The predicted octanol–water partition coefficient (Wildman–Crippen LogP) is 4.57. The fourth-order valence-corrected chi connectivity index (χ4v) is 3.23. The van der Waals surface area contributed by atoms with Gasteiger partial charge in [-0.05, 0) is 47.5 Å². The molecule has 0 saturated heterocycles. The van der Waals surface area contributed by atoms with E-state index in [1.54, 1.807) is 12.1 Å². The number of hydrogen-bond acceptors (Lipinski definition) is 3. The van der Waals surface area contributed by atoms with Gasteiger partial charge in [0.2, 0.25) is 5.91 Å². The summed E-state index contributed by atoms with van der Waals surface area (Å²) in [6.07, 6.45) is 0. The zero-order valence-electron chi connectivity index (χ0n) is 15.1. The van der Waals surface area contributed by atoms with Crippen LogP contribution in [0, 0.1) is 0 Å². The number of carbonyl (C=O) groups excluding carboxylic acids is 1. The number of imidazole rings is 1. The van der Waals surface area contributed by atoms with Crippen LogP contribution in [0.3, 0.4) is 0 Å². The van der Waals surface area contributed by atoms with Crippen LogP contribution in [0.1, 0.15) is 6.92 Å². The van der Waals surface area contributed by atoms with E-state index in [2.05, 4.69) is 5.32 Å². The van der Waals surface area contributed by atoms with Crippen molar-refractivity contribution >= 4 is 22.6 Å². The number of phenolic OH excluding ortho intramolecular Hbond substituents is 1. The number of aromatic hydroxyl groups is 1. The van der Waals surface area contributed by atoms with Gasteiger partial charge in [0.05, 0.1) is 11.0 Å². The van der Waals surface area contributed by atoms with Crippen LogP contribution in [0.5, 0.6) is 5.75 Å². The van der Waals surface area contributed by atoms with Gasteiger partial charge in [0, 0.05) is 25.2 Å². The van der Waals surface area contributed by atoms with E-state index in [-0.39, 0.29) is 11.7 Å². The molecule has 0 unspecified atom stereocenters. The Kier molecular flexibility index (Phi) is 4.12. The van der Waals surface area contributed by atoms with Crippen molar-refractivity contribution in [1.29, 1.82) is 0 Å². The van der Waals surface area contributed by atoms with Crippen LogP contribution in [0.25, 0.3) is 33.5 Å². The van der Waals surface area contributed by atoms with Gasteiger partial charge in [0.15, 0.2) is 0 Å². The summed E-state index contributed by atoms with van der Waals surface area (Å²) in [5.41, 5.74) is 5.66. The molecule has 0 aliphatic heterocycles. The molecule has 0 aliphatic carbocycles. The molecule has 4 aromatic rings. The lowest BCUT2D eigenvalue weighted by molar-refractivity contribution is -0.114. The Morgan fingerprint density at radius 3 is 2.44 bits per heavy atom. The van der Waals surface area contributed by atoms with Crippen LogP contribution in [-0.2, 0) is 11.8 Å². The third-order valence-electron chi connectivity index (χ3n) is 4.52. The molecule has 0 atom stereocenters. The summed E-state index contributed by atoms with van der Waals surface area (Å²) in [5.74, 6) is 0.981. The van der Waals surface area contributed by atoms with Gasteiger partial charge < -0.3 is 15.0 Å². The van der Waals surface area contributed by atoms with Crippen LogP contribution in [-0.4, -0.2) is 20.6 Å². The van der Waals surface area contributed by atoms with Gasteiger partial charge in [-0.25, -0.2) is 4.98 Å². The molecule has 1 amide bonds. The van der Waals surface area contributed by atoms with E-state index in [4.69, 9.17) is 4.98 Å². The summed E-state index contributed by atoms with van der Waals surface area (Å²) in [5, 5.41) is 12.3. The number of benzene rings is 3. The van der Waals surface area contributed by atoms with Gasteiger partial charge in [0.25, 0.3) is 0 Å². The van der Waals surface area contributed by atoms with Gasteiger partial charge in [-0.1, -0.05) is 30.3 Å². The van der Waals surface area contributed by atoms with E-state index in [0.717, 1.165) is 39.2 Å². The SMILES string of the molecule is CC(=O)Nc1cccc(-c2nc3cc(-c4ccc(O)cc4)ccc3n2C)c1. The Balaban J connectivity index is 1.78. The van der Waals surface area contributed by atoms with Crippen molar-refractivity contribution < 1.29 is 9.90 Å². The Bertz CT molecular complexity index is 1140. The molecular formula is C22H19N3O2. The van der Waals surface area contributed by atoms with Crippen molar-refractivity contribution in [2.75, 3.05) is 5.32 Å². The first-order chi connectivity index (χ1) is 13.0. The lowest BCUT2D eigenvalue weighted by Gasteiger charge is -2.06. The molecule has 134 valence electrons. The number of rotatable bonds is 3. The third-order valence-corrected chi connectivity index (χ3v) is 4.52. The van der Waals surface area contributed by atoms with E-state index in [1.807, 2.05) is 66.2 Å². The number of nitrogens with zero attached hydrogens (tertiary/aromatic N) is 2. The van der Waals surface area contributed by atoms with Crippen LogP contribution in [0.15, 0.2) is 66.7 Å². The smallest absolute Gasteiger partial charge is 0.221 e. The minimum atomic E-state index is -0.101. The molecule has 0 fully saturated rings. The average Bonchev–Trinajstić information content (AvgIpc) is 2.98. The van der Waals surface area contributed by atoms with Crippen molar-refractivity contribution in [3.8, 4) is 28.3 Å². The standard InChI is InChI=1S/C22H19N3O2/c1-14(26)23-18-5-3-4-17(12-18)22-24-20-13-16(8-11-21(20)25(22)2)15-6-9-19(27)10-7-15/h3-13,27H,1-2H3,(H,23,26). The van der Waals surface area contributed by atoms with Crippen LogP contribution >= 0.6 is 0 Å². The molecule has 27 heavy (non-hydrogen) atoms. The topological polar surface area (TPSA) is 67.2 Å². The first-order valence-corrected chi connectivity index (χ1v) is 8.65. The number of fused-ring (bicyclic) bond motifs is 1. The fraction of sp³-hybridized carbons (Fsp3) is 0.0909. The first kappa shape index (κ1) is 16.8. The predicted molar refractivity (Wildman–Crippen MR) is 108 cm³/mol. The molecule has 0 aliphatic rings. The summed E-state index contributed by atoms with van der Waals surface area (Å²) >= 11 is 0. The lowest BCUT2D eigenvalue weighted by Crippen LogP contribution is -2.05. The molecule has 0 saturated carbocycles. The molecule has 0 spiro atoms. The molecular weight excluding hydrogens is 338 g/mol. The molecule has 5 heteroatoms. The van der Waals surface area contributed by atoms with Crippen molar-refractivity contribution in [2.24, 2.45) is 7.05 Å². The Hall–Kier alpha value is -3.60. The number of aryl methyl sites for hydroxylation is 1. The monoisotopic (exact) mass is 357 g/mol. The van der Waals surface area contributed by atoms with Crippen molar-refractivity contribution in [3.05, 3.63) is 66.7 Å². The fourth-order valence-electron chi connectivity index (χ4n) is 3.23. The van der Waals surface area contributed by atoms with Gasteiger partial charge in [-0.3, -0.25) is 4.79 Å². The lowest BCUT2D eigenvalue weighted by atomic mass is 10.1. The second-order valence-corrected chi connectivity index (χ2v) is 6.51. The van der Waals surface area contributed by atoms with Crippen molar-refractivity contribution in [1.82, 2.24) is 9.55 Å². The second-order valence-electron chi connectivity index (χ2n) is 6.51. The quantitative estimate of drug-likeness (QED) is 0.564. The maximum atomic E-state index is 11.3. The minimum Gasteiger partial charge on any atom is -0.508 e. The number of amides is 1. The number of aromatic nitrogens is 2. The van der Waals surface area contributed by atoms with E-state index >= 15 is 0 Å². The van der Waals surface area contributed by atoms with Crippen LogP contribution < -0.4 is 5.32 Å². The largest absolute Gasteiger partial charge is 0.508 e. The second kappa shape index (κ2) is 6.61. The number of hydrogen-bond donors (Lipinski definition) is 2. The summed E-state index contributed by atoms with van der Waals surface area (Å²) in [7, 11) is 1.98. The highest BCUT2D eigenvalue weighted by Gasteiger charge is 2.12. The molecule has 3 aromatic carbocycles. The Morgan fingerprint density at radius 2 is 1.70 bits per heavy atom. The highest BCUT2D eigenvalue weighted by atomic mass is 16.3. The molecule has 1 aromatic heterocycles. The van der Waals surface area contributed by atoms with Crippen molar-refractivity contribution in [3.63, 3.8) is 0 Å². The van der Waals surface area contributed by atoms with Gasteiger partial charge in [0.1, 0.15) is 11.6 Å². The molecule has 0 radical (unpaired) electrons. The molecule has 2 N–H and O–H groups in total. The Morgan fingerprint density at radius 1 is 0.963 bits per heavy atom. The highest BCUT2D eigenvalue weighted by molar-refractivity contribution is 5.90. The van der Waals surface area contributed by atoms with Gasteiger partial charge in [-0.15, -0.1) is 0 Å². The number of nitrogens with one attached hydrogen (secondary N) is 1. The van der Waals surface area contributed by atoms with Crippen molar-refractivity contribution in [2.45, 2.75) is 6.92 Å². The molecule has 4 rings (SSSR count).